The number of hydrogen-bond donors (Lipinski definition) is 0. The number of rotatable bonds is 2. The van der Waals surface area contributed by atoms with Gasteiger partial charge in [0.1, 0.15) is 5.15 Å². The SMILES string of the molecule is Clc1nccc(Cn2cccn2)c1Cl. The van der Waals surface area contributed by atoms with Gasteiger partial charge in [-0.15, -0.1) is 0 Å². The first kappa shape index (κ1) is 9.49. The summed E-state index contributed by atoms with van der Waals surface area (Å²) in [6.45, 7) is 0.605. The third kappa shape index (κ3) is 1.89. The van der Waals surface area contributed by atoms with E-state index in [0.29, 0.717) is 16.7 Å². The standard InChI is InChI=1S/C9H7Cl2N3/c10-8-7(2-4-12-9(8)11)6-14-5-1-3-13-14/h1-5H,6H2. The van der Waals surface area contributed by atoms with Crippen molar-refractivity contribution in [1.29, 1.82) is 0 Å². The number of hydrogen-bond acceptors (Lipinski definition) is 2. The van der Waals surface area contributed by atoms with Crippen molar-refractivity contribution in [2.24, 2.45) is 0 Å². The van der Waals surface area contributed by atoms with Gasteiger partial charge in [0.2, 0.25) is 0 Å². The predicted molar refractivity (Wildman–Crippen MR) is 55.6 cm³/mol. The zero-order valence-corrected chi connectivity index (χ0v) is 8.70. The minimum absolute atomic E-state index is 0.330. The van der Waals surface area contributed by atoms with Crippen LogP contribution in [0, 0.1) is 0 Å². The van der Waals surface area contributed by atoms with Gasteiger partial charge in [0.05, 0.1) is 11.6 Å². The molecule has 0 spiro atoms. The van der Waals surface area contributed by atoms with Crippen molar-refractivity contribution in [2.45, 2.75) is 6.54 Å². The molecule has 0 saturated heterocycles. The molecule has 2 aromatic rings. The molecule has 0 aliphatic carbocycles. The first-order valence-corrected chi connectivity index (χ1v) is 4.79. The second-order valence-corrected chi connectivity index (χ2v) is 3.51. The summed E-state index contributed by atoms with van der Waals surface area (Å²) in [6.07, 6.45) is 5.22. The summed E-state index contributed by atoms with van der Waals surface area (Å²) in [5, 5.41) is 4.90. The Morgan fingerprint density at radius 2 is 2.14 bits per heavy atom. The number of nitrogens with zero attached hydrogens (tertiary/aromatic N) is 3. The van der Waals surface area contributed by atoms with Crippen molar-refractivity contribution >= 4 is 23.2 Å². The van der Waals surface area contributed by atoms with Gasteiger partial charge in [0.15, 0.2) is 0 Å². The number of pyridine rings is 1. The van der Waals surface area contributed by atoms with E-state index in [0.717, 1.165) is 5.56 Å². The molecule has 0 unspecified atom stereocenters. The number of aromatic nitrogens is 3. The summed E-state index contributed by atoms with van der Waals surface area (Å²) in [4.78, 5) is 3.87. The first-order valence-electron chi connectivity index (χ1n) is 4.03. The van der Waals surface area contributed by atoms with Crippen molar-refractivity contribution in [3.8, 4) is 0 Å². The van der Waals surface area contributed by atoms with Crippen LogP contribution in [0.2, 0.25) is 10.2 Å². The molecule has 0 amide bonds. The van der Waals surface area contributed by atoms with Crippen molar-refractivity contribution in [2.75, 3.05) is 0 Å². The Kier molecular flexibility index (Phi) is 2.70. The second kappa shape index (κ2) is 3.98. The minimum Gasteiger partial charge on any atom is -0.268 e. The van der Waals surface area contributed by atoms with Gasteiger partial charge in [-0.2, -0.15) is 5.10 Å². The Morgan fingerprint density at radius 3 is 2.86 bits per heavy atom. The third-order valence-electron chi connectivity index (χ3n) is 1.82. The lowest BCUT2D eigenvalue weighted by Gasteiger charge is -2.04. The molecule has 0 aliphatic rings. The quantitative estimate of drug-likeness (QED) is 0.739. The lowest BCUT2D eigenvalue weighted by Crippen LogP contribution is -2.00. The van der Waals surface area contributed by atoms with Crippen molar-refractivity contribution in [3.63, 3.8) is 0 Å². The Hall–Kier alpha value is -1.06. The van der Waals surface area contributed by atoms with Crippen LogP contribution < -0.4 is 0 Å². The molecule has 2 rings (SSSR count). The molecular formula is C9H7Cl2N3. The molecule has 14 heavy (non-hydrogen) atoms. The van der Waals surface area contributed by atoms with Crippen LogP contribution in [-0.2, 0) is 6.54 Å². The summed E-state index contributed by atoms with van der Waals surface area (Å²) >= 11 is 11.8. The van der Waals surface area contributed by atoms with Gasteiger partial charge in [-0.25, -0.2) is 4.98 Å². The largest absolute Gasteiger partial charge is 0.268 e. The summed E-state index contributed by atoms with van der Waals surface area (Å²) in [7, 11) is 0. The number of halogens is 2. The highest BCUT2D eigenvalue weighted by atomic mass is 35.5. The van der Waals surface area contributed by atoms with Gasteiger partial charge in [-0.1, -0.05) is 23.2 Å². The van der Waals surface area contributed by atoms with Gasteiger partial charge in [0.25, 0.3) is 0 Å². The lowest BCUT2D eigenvalue weighted by atomic mass is 10.3. The van der Waals surface area contributed by atoms with Gasteiger partial charge >= 0.3 is 0 Å². The molecule has 2 heterocycles. The highest BCUT2D eigenvalue weighted by Gasteiger charge is 2.05. The Bertz CT molecular complexity index is 426. The second-order valence-electron chi connectivity index (χ2n) is 2.78. The van der Waals surface area contributed by atoms with Crippen LogP contribution in [0.5, 0.6) is 0 Å². The van der Waals surface area contributed by atoms with Crippen molar-refractivity contribution in [3.05, 3.63) is 46.5 Å². The van der Waals surface area contributed by atoms with Gasteiger partial charge < -0.3 is 0 Å². The predicted octanol–water partition coefficient (Wildman–Crippen LogP) is 2.63. The fourth-order valence-electron chi connectivity index (χ4n) is 1.15. The van der Waals surface area contributed by atoms with Crippen LogP contribution in [0.25, 0.3) is 0 Å². The Morgan fingerprint density at radius 1 is 1.29 bits per heavy atom. The molecule has 72 valence electrons. The van der Waals surface area contributed by atoms with Gasteiger partial charge in [0, 0.05) is 18.6 Å². The van der Waals surface area contributed by atoms with E-state index in [1.807, 2.05) is 18.3 Å². The van der Waals surface area contributed by atoms with Crippen LogP contribution in [0.4, 0.5) is 0 Å². The molecule has 3 nitrogen and oxygen atoms in total. The Labute approximate surface area is 91.3 Å². The highest BCUT2D eigenvalue weighted by Crippen LogP contribution is 2.23. The maximum atomic E-state index is 5.97. The highest BCUT2D eigenvalue weighted by molar-refractivity contribution is 6.41. The smallest absolute Gasteiger partial charge is 0.147 e. The average Bonchev–Trinajstić information content (AvgIpc) is 2.66. The zero-order valence-electron chi connectivity index (χ0n) is 7.19. The molecule has 0 aromatic carbocycles. The summed E-state index contributed by atoms with van der Waals surface area (Å²) in [6, 6.07) is 3.69. The van der Waals surface area contributed by atoms with Crippen LogP contribution in [0.1, 0.15) is 5.56 Å². The van der Waals surface area contributed by atoms with E-state index in [1.165, 1.54) is 0 Å². The first-order chi connectivity index (χ1) is 6.77. The summed E-state index contributed by atoms with van der Waals surface area (Å²) in [5.74, 6) is 0. The van der Waals surface area contributed by atoms with E-state index in [9.17, 15) is 0 Å². The van der Waals surface area contributed by atoms with Crippen LogP contribution >= 0.6 is 23.2 Å². The fraction of sp³-hybridized carbons (Fsp3) is 0.111. The lowest BCUT2D eigenvalue weighted by molar-refractivity contribution is 0.686. The van der Waals surface area contributed by atoms with E-state index in [-0.39, 0.29) is 0 Å². The third-order valence-corrected chi connectivity index (χ3v) is 2.62. The molecular weight excluding hydrogens is 221 g/mol. The van der Waals surface area contributed by atoms with Crippen LogP contribution in [-0.4, -0.2) is 14.8 Å². The van der Waals surface area contributed by atoms with Crippen LogP contribution in [0.3, 0.4) is 0 Å². The van der Waals surface area contributed by atoms with E-state index in [2.05, 4.69) is 10.1 Å². The summed E-state index contributed by atoms with van der Waals surface area (Å²) in [5.41, 5.74) is 0.912. The van der Waals surface area contributed by atoms with Gasteiger partial charge in [-0.05, 0) is 17.7 Å². The Balaban J connectivity index is 2.29. The van der Waals surface area contributed by atoms with E-state index in [1.54, 1.807) is 17.1 Å². The van der Waals surface area contributed by atoms with Crippen molar-refractivity contribution < 1.29 is 0 Å². The average molecular weight is 228 g/mol. The van der Waals surface area contributed by atoms with E-state index >= 15 is 0 Å². The molecule has 0 saturated carbocycles. The molecule has 5 heteroatoms. The zero-order chi connectivity index (χ0) is 9.97. The van der Waals surface area contributed by atoms with Crippen molar-refractivity contribution in [1.82, 2.24) is 14.8 Å². The fourth-order valence-corrected chi connectivity index (χ4v) is 1.49. The summed E-state index contributed by atoms with van der Waals surface area (Å²) < 4.78 is 1.78. The molecule has 0 aliphatic heterocycles. The minimum atomic E-state index is 0.330. The molecule has 0 bridgehead atoms. The maximum absolute atomic E-state index is 5.97. The molecule has 0 N–H and O–H groups in total. The van der Waals surface area contributed by atoms with Gasteiger partial charge in [-0.3, -0.25) is 4.68 Å². The van der Waals surface area contributed by atoms with E-state index in [4.69, 9.17) is 23.2 Å². The van der Waals surface area contributed by atoms with Crippen LogP contribution in [0.15, 0.2) is 30.7 Å². The monoisotopic (exact) mass is 227 g/mol. The molecule has 0 fully saturated rings. The van der Waals surface area contributed by atoms with E-state index < -0.39 is 0 Å². The molecule has 2 aromatic heterocycles. The normalized spacial score (nSPS) is 10.4. The molecule has 0 atom stereocenters. The topological polar surface area (TPSA) is 30.7 Å². The maximum Gasteiger partial charge on any atom is 0.147 e. The molecule has 0 radical (unpaired) electrons.